The summed E-state index contributed by atoms with van der Waals surface area (Å²) < 4.78 is 0. The van der Waals surface area contributed by atoms with Gasteiger partial charge in [-0.15, -0.1) is 0 Å². The zero-order valence-corrected chi connectivity index (χ0v) is 16.1. The smallest absolute Gasteiger partial charge is 0.269 e. The summed E-state index contributed by atoms with van der Waals surface area (Å²) in [6, 6.07) is 13.9. The average Bonchev–Trinajstić information content (AvgIpc) is 3.56. The van der Waals surface area contributed by atoms with Gasteiger partial charge in [-0.05, 0) is 62.8 Å². The van der Waals surface area contributed by atoms with Crippen LogP contribution < -0.4 is 5.73 Å². The van der Waals surface area contributed by atoms with E-state index in [1.807, 2.05) is 24.3 Å². The van der Waals surface area contributed by atoms with Crippen molar-refractivity contribution in [3.63, 3.8) is 0 Å². The standard InChI is InChI=1S/C11H11NO3.C11H13NO/c1-8(13)11(6-7-11)9-2-4-10(5-3-9)12(14)15;1-8(13)11(6-7-11)9-2-4-10(12)5-3-9/h2-5H,6-7H2,1H3;2-5H,6-7,12H2,1H3. The Morgan fingerprint density at radius 2 is 1.18 bits per heavy atom. The van der Waals surface area contributed by atoms with Crippen molar-refractivity contribution in [1.82, 2.24) is 0 Å². The van der Waals surface area contributed by atoms with Crippen LogP contribution in [0.25, 0.3) is 0 Å². The maximum absolute atomic E-state index is 11.4. The zero-order chi connectivity index (χ0) is 20.5. The average molecular weight is 380 g/mol. The number of anilines is 1. The Morgan fingerprint density at radius 3 is 1.46 bits per heavy atom. The molecule has 2 aromatic rings. The van der Waals surface area contributed by atoms with Crippen LogP contribution in [0, 0.1) is 10.1 Å². The van der Waals surface area contributed by atoms with Crippen molar-refractivity contribution in [3.8, 4) is 0 Å². The summed E-state index contributed by atoms with van der Waals surface area (Å²) in [5.74, 6) is 0.425. The molecule has 0 aromatic heterocycles. The summed E-state index contributed by atoms with van der Waals surface area (Å²) in [6.45, 7) is 3.25. The molecule has 0 spiro atoms. The third kappa shape index (κ3) is 3.67. The molecule has 0 unspecified atom stereocenters. The largest absolute Gasteiger partial charge is 0.399 e. The van der Waals surface area contributed by atoms with Crippen LogP contribution in [-0.4, -0.2) is 16.5 Å². The van der Waals surface area contributed by atoms with Gasteiger partial charge in [0, 0.05) is 17.8 Å². The van der Waals surface area contributed by atoms with Crippen molar-refractivity contribution in [2.75, 3.05) is 5.73 Å². The summed E-state index contributed by atoms with van der Waals surface area (Å²) >= 11 is 0. The molecule has 0 bridgehead atoms. The van der Waals surface area contributed by atoms with Crippen molar-refractivity contribution in [1.29, 1.82) is 0 Å². The highest BCUT2D eigenvalue weighted by Crippen LogP contribution is 2.49. The van der Waals surface area contributed by atoms with Crippen LogP contribution in [-0.2, 0) is 20.4 Å². The normalized spacial score (nSPS) is 17.6. The van der Waals surface area contributed by atoms with Gasteiger partial charge in [0.1, 0.15) is 11.6 Å². The first-order valence-electron chi connectivity index (χ1n) is 9.34. The van der Waals surface area contributed by atoms with E-state index in [1.165, 1.54) is 12.1 Å². The molecule has 0 atom stereocenters. The molecule has 2 fully saturated rings. The number of Topliss-reactive ketones (excluding diaryl/α,β-unsaturated/α-hetero) is 2. The van der Waals surface area contributed by atoms with Gasteiger partial charge in [-0.3, -0.25) is 19.7 Å². The minimum atomic E-state index is -0.433. The van der Waals surface area contributed by atoms with Crippen molar-refractivity contribution in [2.45, 2.75) is 50.4 Å². The van der Waals surface area contributed by atoms with E-state index < -0.39 is 4.92 Å². The molecule has 28 heavy (non-hydrogen) atoms. The molecule has 2 N–H and O–H groups in total. The van der Waals surface area contributed by atoms with Crippen LogP contribution >= 0.6 is 0 Å². The lowest BCUT2D eigenvalue weighted by atomic mass is 9.92. The van der Waals surface area contributed by atoms with Crippen molar-refractivity contribution < 1.29 is 14.5 Å². The Labute approximate surface area is 163 Å². The lowest BCUT2D eigenvalue weighted by Crippen LogP contribution is -2.16. The molecule has 2 saturated carbocycles. The molecule has 146 valence electrons. The lowest BCUT2D eigenvalue weighted by Gasteiger charge is -2.11. The van der Waals surface area contributed by atoms with E-state index in [-0.39, 0.29) is 28.1 Å². The van der Waals surface area contributed by atoms with Crippen LogP contribution in [0.3, 0.4) is 0 Å². The summed E-state index contributed by atoms with van der Waals surface area (Å²) in [5.41, 5.74) is 7.93. The number of nitro benzene ring substituents is 1. The number of rotatable bonds is 5. The Bertz CT molecular complexity index is 909. The summed E-state index contributed by atoms with van der Waals surface area (Å²) in [5, 5.41) is 10.5. The van der Waals surface area contributed by atoms with Gasteiger partial charge in [-0.25, -0.2) is 0 Å². The highest BCUT2D eigenvalue weighted by Gasteiger charge is 2.49. The van der Waals surface area contributed by atoms with Gasteiger partial charge in [0.2, 0.25) is 0 Å². The maximum atomic E-state index is 11.4. The first-order valence-corrected chi connectivity index (χ1v) is 9.34. The van der Waals surface area contributed by atoms with Crippen LogP contribution in [0.2, 0.25) is 0 Å². The van der Waals surface area contributed by atoms with E-state index >= 15 is 0 Å². The number of carbonyl (C=O) groups is 2. The van der Waals surface area contributed by atoms with Gasteiger partial charge in [0.15, 0.2) is 0 Å². The van der Waals surface area contributed by atoms with Gasteiger partial charge in [-0.1, -0.05) is 24.3 Å². The van der Waals surface area contributed by atoms with Gasteiger partial charge in [0.25, 0.3) is 5.69 Å². The quantitative estimate of drug-likeness (QED) is 0.478. The van der Waals surface area contributed by atoms with Gasteiger partial charge >= 0.3 is 0 Å². The number of benzene rings is 2. The maximum Gasteiger partial charge on any atom is 0.269 e. The number of nitrogens with zero attached hydrogens (tertiary/aromatic N) is 1. The van der Waals surface area contributed by atoms with Crippen LogP contribution in [0.4, 0.5) is 11.4 Å². The number of nitrogen functional groups attached to an aromatic ring is 1. The number of hydrogen-bond acceptors (Lipinski definition) is 5. The highest BCUT2D eigenvalue weighted by atomic mass is 16.6. The third-order valence-electron chi connectivity index (χ3n) is 5.94. The number of nitrogens with two attached hydrogens (primary N) is 1. The third-order valence-corrected chi connectivity index (χ3v) is 5.94. The predicted octanol–water partition coefficient (Wildman–Crippen LogP) is 4.10. The molecule has 2 aliphatic carbocycles. The molecular weight excluding hydrogens is 356 g/mol. The number of carbonyl (C=O) groups excluding carboxylic acids is 2. The fraction of sp³-hybridized carbons (Fsp3) is 0.364. The molecule has 6 heteroatoms. The minimum absolute atomic E-state index is 0.0677. The van der Waals surface area contributed by atoms with E-state index in [4.69, 9.17) is 5.73 Å². The van der Waals surface area contributed by atoms with E-state index in [0.717, 1.165) is 42.5 Å². The van der Waals surface area contributed by atoms with Crippen LogP contribution in [0.15, 0.2) is 48.5 Å². The predicted molar refractivity (Wildman–Crippen MR) is 107 cm³/mol. The molecular formula is C22H24N2O4. The van der Waals surface area contributed by atoms with E-state index in [1.54, 1.807) is 26.0 Å². The van der Waals surface area contributed by atoms with E-state index in [0.29, 0.717) is 0 Å². The first-order chi connectivity index (χ1) is 13.2. The van der Waals surface area contributed by atoms with Crippen LogP contribution in [0.1, 0.15) is 50.7 Å². The van der Waals surface area contributed by atoms with Crippen molar-refractivity contribution in [2.24, 2.45) is 0 Å². The number of ketones is 2. The molecule has 2 aromatic carbocycles. The molecule has 0 amide bonds. The van der Waals surface area contributed by atoms with Gasteiger partial charge in [-0.2, -0.15) is 0 Å². The topological polar surface area (TPSA) is 103 Å². The molecule has 2 aliphatic rings. The Morgan fingerprint density at radius 1 is 0.821 bits per heavy atom. The fourth-order valence-corrected chi connectivity index (χ4v) is 3.64. The zero-order valence-electron chi connectivity index (χ0n) is 16.1. The Balaban J connectivity index is 0.000000162. The second-order valence-corrected chi connectivity index (χ2v) is 7.70. The minimum Gasteiger partial charge on any atom is -0.399 e. The molecule has 0 saturated heterocycles. The first kappa shape index (κ1) is 19.7. The van der Waals surface area contributed by atoms with Crippen molar-refractivity contribution in [3.05, 3.63) is 69.8 Å². The number of nitro groups is 1. The van der Waals surface area contributed by atoms with Gasteiger partial charge in [0.05, 0.1) is 15.8 Å². The van der Waals surface area contributed by atoms with Crippen molar-refractivity contribution >= 4 is 22.9 Å². The van der Waals surface area contributed by atoms with Crippen LogP contribution in [0.5, 0.6) is 0 Å². The van der Waals surface area contributed by atoms with E-state index in [9.17, 15) is 19.7 Å². The summed E-state index contributed by atoms with van der Waals surface area (Å²) in [6.07, 6.45) is 3.71. The molecule has 0 heterocycles. The van der Waals surface area contributed by atoms with Gasteiger partial charge < -0.3 is 5.73 Å². The Hall–Kier alpha value is -3.02. The SMILES string of the molecule is CC(=O)C1(c2ccc(N)cc2)CC1.CC(=O)C1(c2ccc([N+](=O)[O-])cc2)CC1. The number of hydrogen-bond donors (Lipinski definition) is 1. The molecule has 0 aliphatic heterocycles. The molecule has 4 rings (SSSR count). The summed E-state index contributed by atoms with van der Waals surface area (Å²) in [4.78, 5) is 32.8. The molecule has 6 nitrogen and oxygen atoms in total. The summed E-state index contributed by atoms with van der Waals surface area (Å²) in [7, 11) is 0. The van der Waals surface area contributed by atoms with E-state index in [2.05, 4.69) is 0 Å². The Kier molecular flexibility index (Phi) is 5.06. The molecule has 0 radical (unpaired) electrons. The number of non-ortho nitro benzene ring substituents is 1. The monoisotopic (exact) mass is 380 g/mol. The lowest BCUT2D eigenvalue weighted by molar-refractivity contribution is -0.384. The highest BCUT2D eigenvalue weighted by molar-refractivity contribution is 5.91. The fourth-order valence-electron chi connectivity index (χ4n) is 3.64. The second kappa shape index (κ2) is 7.19. The second-order valence-electron chi connectivity index (χ2n) is 7.70.